The predicted molar refractivity (Wildman–Crippen MR) is 83.1 cm³/mol. The summed E-state index contributed by atoms with van der Waals surface area (Å²) in [7, 11) is 0. The average molecular weight is 313 g/mol. The second-order valence-corrected chi connectivity index (χ2v) is 6.28. The minimum Gasteiger partial charge on any atom is -0.305 e. The van der Waals surface area contributed by atoms with Gasteiger partial charge in [0.25, 0.3) is 0 Å². The Labute approximate surface area is 128 Å². The third-order valence-corrected chi connectivity index (χ3v) is 4.15. The molecule has 0 radical (unpaired) electrons. The molecule has 0 saturated heterocycles. The highest BCUT2D eigenvalue weighted by atomic mass is 35.5. The number of aromatic nitrogens is 1. The van der Waals surface area contributed by atoms with Gasteiger partial charge in [-0.15, -0.1) is 11.3 Å². The first kappa shape index (κ1) is 15.4. The van der Waals surface area contributed by atoms with E-state index in [0.29, 0.717) is 10.9 Å². The van der Waals surface area contributed by atoms with Gasteiger partial charge in [-0.3, -0.25) is 0 Å². The minimum atomic E-state index is -0.323. The summed E-state index contributed by atoms with van der Waals surface area (Å²) in [6.45, 7) is 7.01. The fourth-order valence-electron chi connectivity index (χ4n) is 1.99. The van der Waals surface area contributed by atoms with Gasteiger partial charge in [-0.2, -0.15) is 0 Å². The first-order valence-corrected chi connectivity index (χ1v) is 7.91. The number of benzene rings is 1. The maximum Gasteiger partial charge on any atom is 0.125 e. The Hall–Kier alpha value is -0.970. The molecule has 108 valence electrons. The lowest BCUT2D eigenvalue weighted by Crippen LogP contribution is -2.22. The number of rotatable bonds is 5. The molecule has 0 aliphatic carbocycles. The van der Waals surface area contributed by atoms with Crippen molar-refractivity contribution < 1.29 is 4.39 Å². The first-order chi connectivity index (χ1) is 9.51. The zero-order valence-electron chi connectivity index (χ0n) is 11.8. The highest BCUT2D eigenvalue weighted by molar-refractivity contribution is 7.09. The molecule has 0 fully saturated rings. The maximum atomic E-state index is 13.5. The number of hydrogen-bond donors (Lipinski definition) is 1. The Morgan fingerprint density at radius 3 is 2.65 bits per heavy atom. The third-order valence-electron chi connectivity index (χ3n) is 3.00. The third kappa shape index (κ3) is 3.57. The van der Waals surface area contributed by atoms with Gasteiger partial charge >= 0.3 is 0 Å². The van der Waals surface area contributed by atoms with E-state index in [1.807, 2.05) is 6.92 Å². The van der Waals surface area contributed by atoms with Crippen LogP contribution in [0.3, 0.4) is 0 Å². The molecular weight excluding hydrogens is 295 g/mol. The second kappa shape index (κ2) is 6.66. The zero-order valence-corrected chi connectivity index (χ0v) is 13.4. The van der Waals surface area contributed by atoms with Crippen LogP contribution in [0.2, 0.25) is 5.02 Å². The SMILES string of the molecule is CCNC(c1cc(F)cc(Cl)c1)c1nc(C(C)C)cs1. The molecule has 0 saturated carbocycles. The lowest BCUT2D eigenvalue weighted by molar-refractivity contribution is 0.600. The van der Waals surface area contributed by atoms with Crippen molar-refractivity contribution in [3.8, 4) is 0 Å². The molecule has 2 nitrogen and oxygen atoms in total. The van der Waals surface area contributed by atoms with E-state index in [4.69, 9.17) is 11.6 Å². The van der Waals surface area contributed by atoms with E-state index in [9.17, 15) is 4.39 Å². The fourth-order valence-corrected chi connectivity index (χ4v) is 3.30. The molecule has 0 aliphatic heterocycles. The number of nitrogens with zero attached hydrogens (tertiary/aromatic N) is 1. The van der Waals surface area contributed by atoms with Crippen molar-refractivity contribution in [3.05, 3.63) is 50.7 Å². The number of hydrogen-bond acceptors (Lipinski definition) is 3. The number of thiazole rings is 1. The summed E-state index contributed by atoms with van der Waals surface area (Å²) in [5.41, 5.74) is 1.87. The quantitative estimate of drug-likeness (QED) is 0.861. The van der Waals surface area contributed by atoms with Crippen LogP contribution in [0.15, 0.2) is 23.6 Å². The van der Waals surface area contributed by atoms with Crippen molar-refractivity contribution in [2.75, 3.05) is 6.54 Å². The van der Waals surface area contributed by atoms with Gasteiger partial charge in [0.1, 0.15) is 10.8 Å². The van der Waals surface area contributed by atoms with Gasteiger partial charge in [0, 0.05) is 10.4 Å². The van der Waals surface area contributed by atoms with Crippen LogP contribution in [-0.2, 0) is 0 Å². The van der Waals surface area contributed by atoms with E-state index in [0.717, 1.165) is 22.8 Å². The van der Waals surface area contributed by atoms with Crippen molar-refractivity contribution >= 4 is 22.9 Å². The average Bonchev–Trinajstić information content (AvgIpc) is 2.84. The molecule has 0 aliphatic rings. The normalized spacial score (nSPS) is 12.9. The van der Waals surface area contributed by atoms with Crippen molar-refractivity contribution in [3.63, 3.8) is 0 Å². The van der Waals surface area contributed by atoms with Crippen LogP contribution in [0.5, 0.6) is 0 Å². The Balaban J connectivity index is 2.38. The Morgan fingerprint density at radius 1 is 1.35 bits per heavy atom. The van der Waals surface area contributed by atoms with E-state index in [2.05, 4.69) is 29.5 Å². The van der Waals surface area contributed by atoms with Gasteiger partial charge in [0.2, 0.25) is 0 Å². The molecule has 1 N–H and O–H groups in total. The van der Waals surface area contributed by atoms with Gasteiger partial charge in [-0.05, 0) is 36.2 Å². The highest BCUT2D eigenvalue weighted by Crippen LogP contribution is 2.29. The summed E-state index contributed by atoms with van der Waals surface area (Å²) >= 11 is 7.55. The molecule has 1 unspecified atom stereocenters. The largest absolute Gasteiger partial charge is 0.305 e. The van der Waals surface area contributed by atoms with Gasteiger partial charge in [0.05, 0.1) is 11.7 Å². The van der Waals surface area contributed by atoms with Gasteiger partial charge < -0.3 is 5.32 Å². The monoisotopic (exact) mass is 312 g/mol. The predicted octanol–water partition coefficient (Wildman–Crippen LogP) is 4.76. The molecule has 1 aromatic heterocycles. The molecule has 20 heavy (non-hydrogen) atoms. The smallest absolute Gasteiger partial charge is 0.125 e. The van der Waals surface area contributed by atoms with Gasteiger partial charge in [0.15, 0.2) is 0 Å². The van der Waals surface area contributed by atoms with Crippen molar-refractivity contribution in [2.24, 2.45) is 0 Å². The van der Waals surface area contributed by atoms with Gasteiger partial charge in [-0.1, -0.05) is 32.4 Å². The molecule has 2 aromatic rings. The lowest BCUT2D eigenvalue weighted by Gasteiger charge is -2.16. The summed E-state index contributed by atoms with van der Waals surface area (Å²) in [4.78, 5) is 4.65. The molecule has 0 amide bonds. The molecule has 0 bridgehead atoms. The maximum absolute atomic E-state index is 13.5. The standard InChI is InChI=1S/C15H18ClFN2S/c1-4-18-14(10-5-11(16)7-12(17)6-10)15-19-13(8-20-15)9(2)3/h5-9,14,18H,4H2,1-3H3. The summed E-state index contributed by atoms with van der Waals surface area (Å²) in [6.07, 6.45) is 0. The van der Waals surface area contributed by atoms with Crippen LogP contribution < -0.4 is 5.32 Å². The van der Waals surface area contributed by atoms with E-state index in [1.165, 1.54) is 12.1 Å². The Morgan fingerprint density at radius 2 is 2.10 bits per heavy atom. The molecule has 5 heteroatoms. The minimum absolute atomic E-state index is 0.120. The highest BCUT2D eigenvalue weighted by Gasteiger charge is 2.19. The fraction of sp³-hybridized carbons (Fsp3) is 0.400. The van der Waals surface area contributed by atoms with Crippen LogP contribution >= 0.6 is 22.9 Å². The molecule has 1 heterocycles. The summed E-state index contributed by atoms with van der Waals surface area (Å²) in [6, 6.07) is 4.49. The number of halogens is 2. The summed E-state index contributed by atoms with van der Waals surface area (Å²) in [5.74, 6) is 0.0643. The lowest BCUT2D eigenvalue weighted by atomic mass is 10.1. The van der Waals surface area contributed by atoms with Crippen LogP contribution in [0, 0.1) is 5.82 Å². The number of nitrogens with one attached hydrogen (secondary N) is 1. The molecule has 1 aromatic carbocycles. The van der Waals surface area contributed by atoms with E-state index < -0.39 is 0 Å². The van der Waals surface area contributed by atoms with Crippen molar-refractivity contribution in [1.29, 1.82) is 0 Å². The topological polar surface area (TPSA) is 24.9 Å². The zero-order chi connectivity index (χ0) is 14.7. The van der Waals surface area contributed by atoms with Crippen molar-refractivity contribution in [1.82, 2.24) is 10.3 Å². The van der Waals surface area contributed by atoms with Crippen LogP contribution in [0.1, 0.15) is 49.0 Å². The van der Waals surface area contributed by atoms with Crippen molar-refractivity contribution in [2.45, 2.75) is 32.7 Å². The van der Waals surface area contributed by atoms with Crippen LogP contribution in [-0.4, -0.2) is 11.5 Å². The Kier molecular flexibility index (Phi) is 5.13. The summed E-state index contributed by atoms with van der Waals surface area (Å²) < 4.78 is 13.5. The molecule has 2 rings (SSSR count). The van der Waals surface area contributed by atoms with E-state index in [1.54, 1.807) is 17.4 Å². The Bertz CT molecular complexity index is 563. The van der Waals surface area contributed by atoms with E-state index in [-0.39, 0.29) is 11.9 Å². The summed E-state index contributed by atoms with van der Waals surface area (Å²) in [5, 5.41) is 6.75. The molecule has 0 spiro atoms. The van der Waals surface area contributed by atoms with Gasteiger partial charge in [-0.25, -0.2) is 9.37 Å². The molecule has 1 atom stereocenters. The first-order valence-electron chi connectivity index (χ1n) is 6.66. The van der Waals surface area contributed by atoms with Crippen LogP contribution in [0.25, 0.3) is 0 Å². The van der Waals surface area contributed by atoms with Crippen LogP contribution in [0.4, 0.5) is 4.39 Å². The molecular formula is C15H18ClFN2S. The second-order valence-electron chi connectivity index (χ2n) is 4.96. The van der Waals surface area contributed by atoms with E-state index >= 15 is 0 Å².